The zero-order valence-electron chi connectivity index (χ0n) is 13.8. The lowest BCUT2D eigenvalue weighted by atomic mass is 10.2. The first-order valence-corrected chi connectivity index (χ1v) is 7.81. The van der Waals surface area contributed by atoms with Crippen molar-refractivity contribution in [1.82, 2.24) is 10.3 Å². The molecule has 0 fully saturated rings. The SMILES string of the molecule is CCN(CCNC(=O)c1ccc(C)[nH]c1=O)c1ccccc1C. The molecule has 0 aliphatic rings. The van der Waals surface area contributed by atoms with Crippen LogP contribution in [0.25, 0.3) is 0 Å². The number of rotatable bonds is 6. The molecule has 23 heavy (non-hydrogen) atoms. The van der Waals surface area contributed by atoms with Gasteiger partial charge in [-0.25, -0.2) is 0 Å². The van der Waals surface area contributed by atoms with Gasteiger partial charge in [0.1, 0.15) is 5.56 Å². The van der Waals surface area contributed by atoms with Crippen LogP contribution in [-0.4, -0.2) is 30.5 Å². The van der Waals surface area contributed by atoms with Crippen molar-refractivity contribution in [1.29, 1.82) is 0 Å². The number of anilines is 1. The summed E-state index contributed by atoms with van der Waals surface area (Å²) in [5, 5.41) is 2.81. The fourth-order valence-electron chi connectivity index (χ4n) is 2.52. The van der Waals surface area contributed by atoms with E-state index in [0.717, 1.165) is 17.9 Å². The average Bonchev–Trinajstić information content (AvgIpc) is 2.52. The van der Waals surface area contributed by atoms with Gasteiger partial charge in [-0.2, -0.15) is 0 Å². The van der Waals surface area contributed by atoms with Crippen LogP contribution in [0.15, 0.2) is 41.2 Å². The number of nitrogens with zero attached hydrogens (tertiary/aromatic N) is 1. The summed E-state index contributed by atoms with van der Waals surface area (Å²) in [4.78, 5) is 28.7. The van der Waals surface area contributed by atoms with Crippen LogP contribution in [0.3, 0.4) is 0 Å². The number of carbonyl (C=O) groups excluding carboxylic acids is 1. The Morgan fingerprint density at radius 2 is 1.91 bits per heavy atom. The Morgan fingerprint density at radius 3 is 2.57 bits per heavy atom. The van der Waals surface area contributed by atoms with E-state index in [0.29, 0.717) is 13.1 Å². The van der Waals surface area contributed by atoms with Gasteiger partial charge in [-0.1, -0.05) is 18.2 Å². The molecule has 5 heteroatoms. The van der Waals surface area contributed by atoms with Gasteiger partial charge in [0.2, 0.25) is 0 Å². The van der Waals surface area contributed by atoms with Gasteiger partial charge in [0.15, 0.2) is 0 Å². The molecule has 5 nitrogen and oxygen atoms in total. The molecule has 1 aromatic heterocycles. The second-order valence-electron chi connectivity index (χ2n) is 5.51. The lowest BCUT2D eigenvalue weighted by Gasteiger charge is -2.25. The molecule has 0 aliphatic heterocycles. The minimum atomic E-state index is -0.353. The highest BCUT2D eigenvalue weighted by atomic mass is 16.2. The molecule has 0 saturated heterocycles. The maximum atomic E-state index is 12.1. The molecule has 2 aromatic rings. The number of aromatic amines is 1. The van der Waals surface area contributed by atoms with Crippen molar-refractivity contribution in [3.8, 4) is 0 Å². The van der Waals surface area contributed by atoms with Crippen molar-refractivity contribution in [3.63, 3.8) is 0 Å². The number of hydrogen-bond donors (Lipinski definition) is 2. The lowest BCUT2D eigenvalue weighted by Crippen LogP contribution is -2.37. The van der Waals surface area contributed by atoms with Gasteiger partial charge in [0.25, 0.3) is 11.5 Å². The maximum absolute atomic E-state index is 12.1. The zero-order chi connectivity index (χ0) is 16.8. The van der Waals surface area contributed by atoms with E-state index < -0.39 is 0 Å². The fourth-order valence-corrected chi connectivity index (χ4v) is 2.52. The first kappa shape index (κ1) is 16.8. The Hall–Kier alpha value is -2.56. The van der Waals surface area contributed by atoms with Gasteiger partial charge in [-0.15, -0.1) is 0 Å². The van der Waals surface area contributed by atoms with Gasteiger partial charge in [-0.3, -0.25) is 9.59 Å². The highest BCUT2D eigenvalue weighted by Crippen LogP contribution is 2.18. The van der Waals surface area contributed by atoms with E-state index >= 15 is 0 Å². The Balaban J connectivity index is 1.97. The second kappa shape index (κ2) is 7.63. The highest BCUT2D eigenvalue weighted by Gasteiger charge is 2.11. The van der Waals surface area contributed by atoms with Gasteiger partial charge in [-0.05, 0) is 44.5 Å². The van der Waals surface area contributed by atoms with E-state index in [4.69, 9.17) is 0 Å². The van der Waals surface area contributed by atoms with Gasteiger partial charge in [0.05, 0.1) is 0 Å². The highest BCUT2D eigenvalue weighted by molar-refractivity contribution is 5.93. The molecular formula is C18H23N3O2. The summed E-state index contributed by atoms with van der Waals surface area (Å²) in [6.07, 6.45) is 0. The van der Waals surface area contributed by atoms with Crippen molar-refractivity contribution in [3.05, 3.63) is 63.6 Å². The number of amides is 1. The molecule has 2 rings (SSSR count). The molecule has 0 spiro atoms. The summed E-state index contributed by atoms with van der Waals surface area (Å²) in [5.74, 6) is -0.341. The Bertz CT molecular complexity index is 737. The number of hydrogen-bond acceptors (Lipinski definition) is 3. The third kappa shape index (κ3) is 4.22. The summed E-state index contributed by atoms with van der Waals surface area (Å²) in [5.41, 5.74) is 2.90. The van der Waals surface area contributed by atoms with E-state index in [9.17, 15) is 9.59 Å². The maximum Gasteiger partial charge on any atom is 0.260 e. The predicted octanol–water partition coefficient (Wildman–Crippen LogP) is 2.25. The van der Waals surface area contributed by atoms with Gasteiger partial charge in [0, 0.05) is 31.0 Å². The topological polar surface area (TPSA) is 65.2 Å². The zero-order valence-corrected chi connectivity index (χ0v) is 13.8. The van der Waals surface area contributed by atoms with Crippen LogP contribution < -0.4 is 15.8 Å². The summed E-state index contributed by atoms with van der Waals surface area (Å²) in [7, 11) is 0. The molecule has 1 heterocycles. The molecule has 1 aromatic carbocycles. The Morgan fingerprint density at radius 1 is 1.17 bits per heavy atom. The van der Waals surface area contributed by atoms with Crippen LogP contribution in [0.2, 0.25) is 0 Å². The normalized spacial score (nSPS) is 10.4. The molecule has 122 valence electrons. The molecule has 1 amide bonds. The standard InChI is InChI=1S/C18H23N3O2/c1-4-21(16-8-6-5-7-13(16)2)12-11-19-17(22)15-10-9-14(3)20-18(15)23/h5-10H,4,11-12H2,1-3H3,(H,19,22)(H,20,23). The number of pyridine rings is 1. The van der Waals surface area contributed by atoms with Crippen LogP contribution in [0, 0.1) is 13.8 Å². The second-order valence-corrected chi connectivity index (χ2v) is 5.51. The van der Waals surface area contributed by atoms with E-state index in [1.807, 2.05) is 12.1 Å². The number of likely N-dealkylation sites (N-methyl/N-ethyl adjacent to an activating group) is 1. The summed E-state index contributed by atoms with van der Waals surface area (Å²) in [6, 6.07) is 11.5. The smallest absolute Gasteiger partial charge is 0.260 e. The Kier molecular flexibility index (Phi) is 5.57. The van der Waals surface area contributed by atoms with Crippen LogP contribution in [0.1, 0.15) is 28.5 Å². The number of benzene rings is 1. The van der Waals surface area contributed by atoms with Crippen molar-refractivity contribution in [2.45, 2.75) is 20.8 Å². The number of nitrogens with one attached hydrogen (secondary N) is 2. The lowest BCUT2D eigenvalue weighted by molar-refractivity contribution is 0.0953. The quantitative estimate of drug-likeness (QED) is 0.859. The summed E-state index contributed by atoms with van der Waals surface area (Å²) >= 11 is 0. The molecule has 0 radical (unpaired) electrons. The number of para-hydroxylation sites is 1. The van der Waals surface area contributed by atoms with Crippen molar-refractivity contribution in [2.75, 3.05) is 24.5 Å². The third-order valence-corrected chi connectivity index (χ3v) is 3.81. The van der Waals surface area contributed by atoms with E-state index in [1.165, 1.54) is 5.56 Å². The minimum Gasteiger partial charge on any atom is -0.370 e. The number of aromatic nitrogens is 1. The van der Waals surface area contributed by atoms with Crippen LogP contribution in [-0.2, 0) is 0 Å². The van der Waals surface area contributed by atoms with Gasteiger partial charge < -0.3 is 15.2 Å². The van der Waals surface area contributed by atoms with Crippen LogP contribution in [0.5, 0.6) is 0 Å². The number of carbonyl (C=O) groups is 1. The monoisotopic (exact) mass is 313 g/mol. The van der Waals surface area contributed by atoms with E-state index in [1.54, 1.807) is 19.1 Å². The van der Waals surface area contributed by atoms with Crippen LogP contribution in [0.4, 0.5) is 5.69 Å². The first-order chi connectivity index (χ1) is 11.0. The molecule has 0 saturated carbocycles. The van der Waals surface area contributed by atoms with E-state index in [2.05, 4.69) is 41.2 Å². The minimum absolute atomic E-state index is 0.148. The fraction of sp³-hybridized carbons (Fsp3) is 0.333. The number of H-pyrrole nitrogens is 1. The van der Waals surface area contributed by atoms with Crippen molar-refractivity contribution < 1.29 is 4.79 Å². The molecular weight excluding hydrogens is 290 g/mol. The molecule has 0 unspecified atom stereocenters. The number of aryl methyl sites for hydroxylation is 2. The molecule has 0 atom stereocenters. The van der Waals surface area contributed by atoms with Gasteiger partial charge >= 0.3 is 0 Å². The third-order valence-electron chi connectivity index (χ3n) is 3.81. The first-order valence-electron chi connectivity index (χ1n) is 7.81. The van der Waals surface area contributed by atoms with E-state index in [-0.39, 0.29) is 17.0 Å². The summed E-state index contributed by atoms with van der Waals surface area (Å²) in [6.45, 7) is 7.96. The molecule has 2 N–H and O–H groups in total. The average molecular weight is 313 g/mol. The molecule has 0 aliphatic carbocycles. The molecule has 0 bridgehead atoms. The predicted molar refractivity (Wildman–Crippen MR) is 93.2 cm³/mol. The summed E-state index contributed by atoms with van der Waals surface area (Å²) < 4.78 is 0. The van der Waals surface area contributed by atoms with Crippen LogP contribution >= 0.6 is 0 Å². The van der Waals surface area contributed by atoms with Crippen molar-refractivity contribution in [2.24, 2.45) is 0 Å². The largest absolute Gasteiger partial charge is 0.370 e. The van der Waals surface area contributed by atoms with Crippen molar-refractivity contribution >= 4 is 11.6 Å². The Labute approximate surface area is 136 Å².